The molecule has 2 fully saturated rings. The second-order valence-corrected chi connectivity index (χ2v) is 4.79. The Bertz CT molecular complexity index is 215. The van der Waals surface area contributed by atoms with Crippen LogP contribution >= 0.6 is 0 Å². The van der Waals surface area contributed by atoms with Gasteiger partial charge in [0, 0.05) is 0 Å². The smallest absolute Gasteiger partial charge is 0.314 e. The van der Waals surface area contributed by atoms with Crippen LogP contribution in [0.2, 0.25) is 0 Å². The Morgan fingerprint density at radius 1 is 1.29 bits per heavy atom. The number of carboxylic acids is 1. The minimum absolute atomic E-state index is 0.429. The number of ether oxygens (including phenoxy) is 1. The van der Waals surface area contributed by atoms with Crippen LogP contribution in [0.15, 0.2) is 0 Å². The second kappa shape index (κ2) is 3.89. The third kappa shape index (κ3) is 1.78. The molecule has 1 saturated carbocycles. The van der Waals surface area contributed by atoms with E-state index in [1.807, 2.05) is 0 Å². The van der Waals surface area contributed by atoms with E-state index < -0.39 is 11.4 Å². The Hall–Kier alpha value is -0.570. The second-order valence-electron chi connectivity index (χ2n) is 4.79. The van der Waals surface area contributed by atoms with Crippen LogP contribution in [0.3, 0.4) is 0 Å². The van der Waals surface area contributed by atoms with E-state index in [-0.39, 0.29) is 0 Å². The minimum Gasteiger partial charge on any atom is -0.481 e. The van der Waals surface area contributed by atoms with Crippen molar-refractivity contribution in [2.24, 2.45) is 11.3 Å². The van der Waals surface area contributed by atoms with E-state index in [1.165, 1.54) is 32.1 Å². The lowest BCUT2D eigenvalue weighted by molar-refractivity contribution is -0.183. The molecule has 0 aromatic rings. The lowest BCUT2D eigenvalue weighted by Crippen LogP contribution is -2.50. The summed E-state index contributed by atoms with van der Waals surface area (Å²) < 4.78 is 5.06. The van der Waals surface area contributed by atoms with E-state index in [4.69, 9.17) is 9.84 Å². The summed E-state index contributed by atoms with van der Waals surface area (Å²) in [5.41, 5.74) is -0.526. The quantitative estimate of drug-likeness (QED) is 0.755. The van der Waals surface area contributed by atoms with Gasteiger partial charge in [-0.2, -0.15) is 0 Å². The molecule has 1 aliphatic carbocycles. The molecule has 0 aromatic heterocycles. The predicted octanol–water partition coefficient (Wildman–Crippen LogP) is 2.06. The van der Waals surface area contributed by atoms with Crippen LogP contribution in [0.5, 0.6) is 0 Å². The van der Waals surface area contributed by atoms with Gasteiger partial charge in [-0.1, -0.05) is 32.1 Å². The van der Waals surface area contributed by atoms with E-state index in [1.54, 1.807) is 0 Å². The summed E-state index contributed by atoms with van der Waals surface area (Å²) in [6.07, 6.45) is 7.15. The average molecular weight is 198 g/mol. The molecule has 80 valence electrons. The van der Waals surface area contributed by atoms with Crippen LogP contribution in [-0.4, -0.2) is 24.3 Å². The monoisotopic (exact) mass is 198 g/mol. The lowest BCUT2D eigenvalue weighted by atomic mass is 9.73. The Kier molecular flexibility index (Phi) is 2.77. The summed E-state index contributed by atoms with van der Waals surface area (Å²) >= 11 is 0. The van der Waals surface area contributed by atoms with Gasteiger partial charge in [0.05, 0.1) is 13.2 Å². The van der Waals surface area contributed by atoms with Crippen molar-refractivity contribution >= 4 is 5.97 Å². The van der Waals surface area contributed by atoms with Gasteiger partial charge in [-0.15, -0.1) is 0 Å². The number of hydrogen-bond donors (Lipinski definition) is 1. The minimum atomic E-state index is -0.658. The molecule has 1 heterocycles. The third-order valence-electron chi connectivity index (χ3n) is 3.61. The summed E-state index contributed by atoms with van der Waals surface area (Å²) in [5, 5.41) is 9.13. The molecule has 0 atom stereocenters. The maximum atomic E-state index is 11.1. The standard InChI is InChI=1S/C11H18O3/c12-10(13)11(7-14-8-11)6-9-4-2-1-3-5-9/h9H,1-8H2,(H,12,13). The molecule has 0 bridgehead atoms. The lowest BCUT2D eigenvalue weighted by Gasteiger charge is -2.40. The molecule has 2 rings (SSSR count). The first-order chi connectivity index (χ1) is 6.73. The molecule has 0 radical (unpaired) electrons. The summed E-state index contributed by atoms with van der Waals surface area (Å²) in [5.74, 6) is -0.0296. The fourth-order valence-corrected chi connectivity index (χ4v) is 2.62. The zero-order valence-electron chi connectivity index (χ0n) is 8.50. The highest BCUT2D eigenvalue weighted by molar-refractivity contribution is 5.75. The van der Waals surface area contributed by atoms with E-state index in [9.17, 15) is 4.79 Å². The molecule has 0 unspecified atom stereocenters. The van der Waals surface area contributed by atoms with Crippen LogP contribution in [0, 0.1) is 11.3 Å². The fraction of sp³-hybridized carbons (Fsp3) is 0.909. The SMILES string of the molecule is O=C(O)C1(CC2CCCCC2)COC1. The van der Waals surface area contributed by atoms with Crippen LogP contribution in [-0.2, 0) is 9.53 Å². The number of aliphatic carboxylic acids is 1. The Balaban J connectivity index is 1.90. The molecule has 14 heavy (non-hydrogen) atoms. The first-order valence-electron chi connectivity index (χ1n) is 5.54. The average Bonchev–Trinajstić information content (AvgIpc) is 2.12. The molecular weight excluding hydrogens is 180 g/mol. The van der Waals surface area contributed by atoms with E-state index in [2.05, 4.69) is 0 Å². The van der Waals surface area contributed by atoms with Gasteiger partial charge in [-0.25, -0.2) is 0 Å². The summed E-state index contributed by atoms with van der Waals surface area (Å²) in [6, 6.07) is 0. The van der Waals surface area contributed by atoms with Gasteiger partial charge >= 0.3 is 5.97 Å². The van der Waals surface area contributed by atoms with Gasteiger partial charge in [0.1, 0.15) is 5.41 Å². The van der Waals surface area contributed by atoms with Gasteiger partial charge in [0.2, 0.25) is 0 Å². The third-order valence-corrected chi connectivity index (χ3v) is 3.61. The van der Waals surface area contributed by atoms with Crippen LogP contribution < -0.4 is 0 Å². The van der Waals surface area contributed by atoms with Crippen LogP contribution in [0.4, 0.5) is 0 Å². The molecule has 3 heteroatoms. The largest absolute Gasteiger partial charge is 0.481 e. The van der Waals surface area contributed by atoms with E-state index in [0.29, 0.717) is 19.1 Å². The molecule has 2 aliphatic rings. The first-order valence-corrected chi connectivity index (χ1v) is 5.54. The van der Waals surface area contributed by atoms with Crippen molar-refractivity contribution in [1.29, 1.82) is 0 Å². The highest BCUT2D eigenvalue weighted by Gasteiger charge is 2.47. The van der Waals surface area contributed by atoms with Crippen LogP contribution in [0.25, 0.3) is 0 Å². The van der Waals surface area contributed by atoms with E-state index in [0.717, 1.165) is 6.42 Å². The molecule has 1 saturated heterocycles. The normalized spacial score (nSPS) is 26.9. The topological polar surface area (TPSA) is 46.5 Å². The van der Waals surface area contributed by atoms with Gasteiger partial charge in [-0.3, -0.25) is 4.79 Å². The zero-order chi connectivity index (χ0) is 10.0. The molecule has 0 amide bonds. The van der Waals surface area contributed by atoms with Crippen molar-refractivity contribution in [3.8, 4) is 0 Å². The van der Waals surface area contributed by atoms with E-state index >= 15 is 0 Å². The number of carboxylic acid groups (broad SMARTS) is 1. The number of carbonyl (C=O) groups is 1. The maximum Gasteiger partial charge on any atom is 0.314 e. The maximum absolute atomic E-state index is 11.1. The zero-order valence-corrected chi connectivity index (χ0v) is 8.50. The van der Waals surface area contributed by atoms with Crippen molar-refractivity contribution in [3.63, 3.8) is 0 Å². The Morgan fingerprint density at radius 3 is 2.36 bits per heavy atom. The fourth-order valence-electron chi connectivity index (χ4n) is 2.62. The van der Waals surface area contributed by atoms with Gasteiger partial charge < -0.3 is 9.84 Å². The van der Waals surface area contributed by atoms with Gasteiger partial charge in [-0.05, 0) is 12.3 Å². The summed E-state index contributed by atoms with van der Waals surface area (Å²) in [6.45, 7) is 0.859. The first kappa shape index (κ1) is 9.97. The highest BCUT2D eigenvalue weighted by atomic mass is 16.5. The highest BCUT2D eigenvalue weighted by Crippen LogP contribution is 2.39. The Labute approximate surface area is 84.4 Å². The van der Waals surface area contributed by atoms with Crippen molar-refractivity contribution in [1.82, 2.24) is 0 Å². The van der Waals surface area contributed by atoms with Crippen molar-refractivity contribution in [2.75, 3.05) is 13.2 Å². The summed E-state index contributed by atoms with van der Waals surface area (Å²) in [4.78, 5) is 11.1. The van der Waals surface area contributed by atoms with Gasteiger partial charge in [0.15, 0.2) is 0 Å². The number of rotatable bonds is 3. The predicted molar refractivity (Wildman–Crippen MR) is 52.1 cm³/mol. The molecule has 0 aromatic carbocycles. The van der Waals surface area contributed by atoms with Crippen molar-refractivity contribution < 1.29 is 14.6 Å². The van der Waals surface area contributed by atoms with Gasteiger partial charge in [0.25, 0.3) is 0 Å². The molecular formula is C11H18O3. The molecule has 3 nitrogen and oxygen atoms in total. The number of hydrogen-bond acceptors (Lipinski definition) is 2. The van der Waals surface area contributed by atoms with Crippen molar-refractivity contribution in [3.05, 3.63) is 0 Å². The van der Waals surface area contributed by atoms with Crippen molar-refractivity contribution in [2.45, 2.75) is 38.5 Å². The molecule has 1 aliphatic heterocycles. The Morgan fingerprint density at radius 2 is 1.93 bits per heavy atom. The van der Waals surface area contributed by atoms with Crippen LogP contribution in [0.1, 0.15) is 38.5 Å². The summed E-state index contributed by atoms with van der Waals surface area (Å²) in [7, 11) is 0. The molecule has 1 N–H and O–H groups in total. The molecule has 0 spiro atoms.